The van der Waals surface area contributed by atoms with Crippen LogP contribution in [0.15, 0.2) is 46.0 Å². The normalized spacial score (nSPS) is 19.8. The van der Waals surface area contributed by atoms with Crippen molar-refractivity contribution in [2.24, 2.45) is 11.0 Å². The van der Waals surface area contributed by atoms with Crippen LogP contribution in [0.25, 0.3) is 21.7 Å². The molecule has 1 heterocycles. The lowest BCUT2D eigenvalue weighted by molar-refractivity contribution is 0.0855. The molecule has 1 aromatic heterocycles. The topological polar surface area (TPSA) is 104 Å². The highest BCUT2D eigenvalue weighted by molar-refractivity contribution is 5.92. The molecule has 1 aliphatic rings. The summed E-state index contributed by atoms with van der Waals surface area (Å²) >= 11 is 0. The van der Waals surface area contributed by atoms with Crippen LogP contribution in [-0.2, 0) is 0 Å². The molecule has 1 aromatic carbocycles. The van der Waals surface area contributed by atoms with E-state index in [1.165, 1.54) is 0 Å². The molecule has 1 saturated carbocycles. The molecule has 0 bridgehead atoms. The smallest absolute Gasteiger partial charge is 0.290 e. The van der Waals surface area contributed by atoms with Gasteiger partial charge in [-0.05, 0) is 24.3 Å². The van der Waals surface area contributed by atoms with Crippen molar-refractivity contribution in [1.29, 1.82) is 0 Å². The summed E-state index contributed by atoms with van der Waals surface area (Å²) in [7, 11) is 0. The second-order valence-corrected chi connectivity index (χ2v) is 5.36. The first-order valence-corrected chi connectivity index (χ1v) is 7.10. The Labute approximate surface area is 126 Å². The van der Waals surface area contributed by atoms with E-state index in [1.807, 2.05) is 30.3 Å². The van der Waals surface area contributed by atoms with Gasteiger partial charge in [0, 0.05) is 29.1 Å². The molecule has 22 heavy (non-hydrogen) atoms. The van der Waals surface area contributed by atoms with Gasteiger partial charge in [-0.3, -0.25) is 4.79 Å². The summed E-state index contributed by atoms with van der Waals surface area (Å²) in [4.78, 5) is 14.8. The van der Waals surface area contributed by atoms with E-state index in [4.69, 9.17) is 10.1 Å². The van der Waals surface area contributed by atoms with Crippen LogP contribution in [0.5, 0.6) is 0 Å². The quantitative estimate of drug-likeness (QED) is 0.520. The Morgan fingerprint density at radius 1 is 1.41 bits per heavy atom. The predicted octanol–water partition coefficient (Wildman–Crippen LogP) is 3.16. The fraction of sp³-hybridized carbons (Fsp3) is 0.333. The first-order chi connectivity index (χ1) is 10.8. The van der Waals surface area contributed by atoms with E-state index in [2.05, 4.69) is 20.5 Å². The zero-order valence-electron chi connectivity index (χ0n) is 11.8. The average molecular weight is 297 g/mol. The summed E-state index contributed by atoms with van der Waals surface area (Å²) in [6, 6.07) is 11.3. The summed E-state index contributed by atoms with van der Waals surface area (Å²) in [5, 5.41) is 10.4. The highest BCUT2D eigenvalue weighted by Crippen LogP contribution is 2.28. The van der Waals surface area contributed by atoms with Crippen molar-refractivity contribution in [3.63, 3.8) is 0 Å². The lowest BCUT2D eigenvalue weighted by Gasteiger charge is -2.34. The van der Waals surface area contributed by atoms with E-state index in [-0.39, 0.29) is 17.7 Å². The summed E-state index contributed by atoms with van der Waals surface area (Å²) in [6.45, 7) is 0.489. The summed E-state index contributed by atoms with van der Waals surface area (Å²) in [5.41, 5.74) is 9.81. The molecule has 0 aliphatic heterocycles. The molecule has 0 saturated heterocycles. The van der Waals surface area contributed by atoms with Crippen LogP contribution in [0, 0.1) is 5.92 Å². The molecule has 3 rings (SSSR count). The third-order valence-corrected chi connectivity index (χ3v) is 3.78. The maximum absolute atomic E-state index is 12.1. The van der Waals surface area contributed by atoms with Gasteiger partial charge in [0.1, 0.15) is 5.69 Å². The van der Waals surface area contributed by atoms with E-state index in [0.717, 1.165) is 18.4 Å². The fourth-order valence-corrected chi connectivity index (χ4v) is 2.54. The molecule has 0 unspecified atom stereocenters. The Hall–Kier alpha value is -2.79. The second kappa shape index (κ2) is 6.32. The first-order valence-electron chi connectivity index (χ1n) is 7.10. The largest absolute Gasteiger partial charge is 0.350 e. The number of azide groups is 1. The maximum atomic E-state index is 12.1. The van der Waals surface area contributed by atoms with Gasteiger partial charge in [-0.1, -0.05) is 40.6 Å². The first kappa shape index (κ1) is 14.2. The van der Waals surface area contributed by atoms with Crippen LogP contribution in [-0.4, -0.2) is 23.7 Å². The molecule has 0 atom stereocenters. The lowest BCUT2D eigenvalue weighted by Crippen LogP contribution is -2.45. The number of carbonyl (C=O) groups excluding carboxylic acids is 1. The second-order valence-electron chi connectivity index (χ2n) is 5.36. The van der Waals surface area contributed by atoms with Gasteiger partial charge in [-0.2, -0.15) is 0 Å². The van der Waals surface area contributed by atoms with Crippen molar-refractivity contribution in [1.82, 2.24) is 10.5 Å². The Morgan fingerprint density at radius 3 is 2.91 bits per heavy atom. The van der Waals surface area contributed by atoms with Crippen LogP contribution < -0.4 is 5.32 Å². The molecule has 7 nitrogen and oxygen atoms in total. The number of hydrogen-bond donors (Lipinski definition) is 1. The molecule has 1 aliphatic carbocycles. The van der Waals surface area contributed by atoms with Crippen molar-refractivity contribution >= 4 is 5.91 Å². The minimum atomic E-state index is -0.262. The molecular weight excluding hydrogens is 282 g/mol. The molecule has 7 heteroatoms. The molecule has 1 fully saturated rings. The Bertz CT molecular complexity index is 700. The maximum Gasteiger partial charge on any atom is 0.290 e. The summed E-state index contributed by atoms with van der Waals surface area (Å²) < 4.78 is 5.11. The minimum absolute atomic E-state index is 0.108. The van der Waals surface area contributed by atoms with Crippen molar-refractivity contribution in [3.8, 4) is 11.3 Å². The van der Waals surface area contributed by atoms with Gasteiger partial charge < -0.3 is 9.84 Å². The Balaban J connectivity index is 1.56. The van der Waals surface area contributed by atoms with Crippen molar-refractivity contribution < 1.29 is 9.32 Å². The highest BCUT2D eigenvalue weighted by atomic mass is 16.5. The SMILES string of the molecule is [N-]=[N+]=NC[C@H]1C[C@H](NC(=O)c2cc(-c3ccccc3)no2)C1. The summed E-state index contributed by atoms with van der Waals surface area (Å²) in [6.07, 6.45) is 1.65. The number of rotatable bonds is 5. The van der Waals surface area contributed by atoms with Gasteiger partial charge in [0.25, 0.3) is 5.91 Å². The number of aromatic nitrogens is 1. The molecule has 2 aromatic rings. The van der Waals surface area contributed by atoms with E-state index in [0.29, 0.717) is 18.2 Å². The van der Waals surface area contributed by atoms with Crippen LogP contribution in [0.4, 0.5) is 0 Å². The Morgan fingerprint density at radius 2 is 2.18 bits per heavy atom. The van der Waals surface area contributed by atoms with Gasteiger partial charge in [0.2, 0.25) is 5.76 Å². The van der Waals surface area contributed by atoms with Gasteiger partial charge in [0.05, 0.1) is 0 Å². The fourth-order valence-electron chi connectivity index (χ4n) is 2.54. The number of nitrogens with one attached hydrogen (secondary N) is 1. The zero-order valence-corrected chi connectivity index (χ0v) is 11.8. The molecule has 112 valence electrons. The van der Waals surface area contributed by atoms with Crippen LogP contribution in [0.3, 0.4) is 0 Å². The van der Waals surface area contributed by atoms with Crippen LogP contribution >= 0.6 is 0 Å². The van der Waals surface area contributed by atoms with Crippen molar-refractivity contribution in [2.75, 3.05) is 6.54 Å². The average Bonchev–Trinajstić information content (AvgIpc) is 3.00. The number of nitrogens with zero attached hydrogens (tertiary/aromatic N) is 4. The molecule has 1 N–H and O–H groups in total. The van der Waals surface area contributed by atoms with Gasteiger partial charge in [-0.15, -0.1) is 0 Å². The summed E-state index contributed by atoms with van der Waals surface area (Å²) in [5.74, 6) is 0.301. The van der Waals surface area contributed by atoms with Crippen LogP contribution in [0.2, 0.25) is 0 Å². The van der Waals surface area contributed by atoms with Gasteiger partial charge in [-0.25, -0.2) is 0 Å². The third-order valence-electron chi connectivity index (χ3n) is 3.78. The number of amides is 1. The Kier molecular flexibility index (Phi) is 4.07. The van der Waals surface area contributed by atoms with E-state index < -0.39 is 0 Å². The monoisotopic (exact) mass is 297 g/mol. The predicted molar refractivity (Wildman–Crippen MR) is 79.9 cm³/mol. The van der Waals surface area contributed by atoms with Crippen molar-refractivity contribution in [2.45, 2.75) is 18.9 Å². The highest BCUT2D eigenvalue weighted by Gasteiger charge is 2.30. The van der Waals surface area contributed by atoms with Crippen LogP contribution in [0.1, 0.15) is 23.4 Å². The lowest BCUT2D eigenvalue weighted by atomic mass is 9.80. The number of benzene rings is 1. The molecule has 1 amide bonds. The molecular formula is C15H15N5O2. The van der Waals surface area contributed by atoms with E-state index in [1.54, 1.807) is 6.07 Å². The van der Waals surface area contributed by atoms with Gasteiger partial charge in [0.15, 0.2) is 0 Å². The molecule has 0 radical (unpaired) electrons. The zero-order chi connectivity index (χ0) is 15.4. The number of carbonyl (C=O) groups is 1. The molecule has 0 spiro atoms. The van der Waals surface area contributed by atoms with Crippen molar-refractivity contribution in [3.05, 3.63) is 52.6 Å². The third kappa shape index (κ3) is 3.10. The van der Waals surface area contributed by atoms with E-state index >= 15 is 0 Å². The standard InChI is InChI=1S/C15H15N5O2/c16-20-17-9-10-6-12(7-10)18-15(21)14-8-13(19-22-14)11-4-2-1-3-5-11/h1-5,8,10,12H,6-7,9H2,(H,18,21)/t10-,12-. The van der Waals surface area contributed by atoms with E-state index in [9.17, 15) is 4.79 Å². The van der Waals surface area contributed by atoms with Gasteiger partial charge >= 0.3 is 0 Å². The number of hydrogen-bond acceptors (Lipinski definition) is 4. The minimum Gasteiger partial charge on any atom is -0.350 e.